The maximum Gasteiger partial charge on any atom is 0.416 e. The lowest BCUT2D eigenvalue weighted by atomic mass is 10.1. The van der Waals surface area contributed by atoms with E-state index in [0.29, 0.717) is 29.9 Å². The van der Waals surface area contributed by atoms with Gasteiger partial charge in [0.2, 0.25) is 5.91 Å². The summed E-state index contributed by atoms with van der Waals surface area (Å²) in [4.78, 5) is 26.1. The molecule has 154 valence electrons. The van der Waals surface area contributed by atoms with E-state index in [0.717, 1.165) is 12.1 Å². The quantitative estimate of drug-likeness (QED) is 0.688. The lowest BCUT2D eigenvalue weighted by molar-refractivity contribution is -0.137. The van der Waals surface area contributed by atoms with Crippen molar-refractivity contribution in [3.05, 3.63) is 59.7 Å². The molecule has 1 atom stereocenters. The van der Waals surface area contributed by atoms with Crippen LogP contribution in [0, 0.1) is 0 Å². The first-order valence-electron chi connectivity index (χ1n) is 9.04. The molecule has 0 radical (unpaired) electrons. The molecule has 3 rings (SSSR count). The number of carbonyl (C=O) groups is 2. The summed E-state index contributed by atoms with van der Waals surface area (Å²) >= 11 is 0. The molecule has 0 aliphatic carbocycles. The van der Waals surface area contributed by atoms with Crippen molar-refractivity contribution in [2.75, 3.05) is 29.9 Å². The summed E-state index contributed by atoms with van der Waals surface area (Å²) in [5.41, 5.74) is 0.603. The van der Waals surface area contributed by atoms with Crippen LogP contribution in [-0.4, -0.2) is 42.7 Å². The maximum absolute atomic E-state index is 12.7. The van der Waals surface area contributed by atoms with Gasteiger partial charge in [0, 0.05) is 30.0 Å². The number of carbonyl (C=O) groups excluding carboxylic acids is 2. The van der Waals surface area contributed by atoms with Crippen molar-refractivity contribution >= 4 is 23.2 Å². The van der Waals surface area contributed by atoms with Crippen molar-refractivity contribution in [3.63, 3.8) is 0 Å². The maximum atomic E-state index is 12.7. The first-order valence-corrected chi connectivity index (χ1v) is 9.04. The minimum Gasteiger partial charge on any atom is -0.395 e. The van der Waals surface area contributed by atoms with Crippen LogP contribution in [-0.2, 0) is 11.0 Å². The molecule has 1 aliphatic heterocycles. The molecule has 1 fully saturated rings. The molecule has 0 spiro atoms. The molecule has 1 heterocycles. The van der Waals surface area contributed by atoms with Crippen molar-refractivity contribution in [1.82, 2.24) is 5.32 Å². The summed E-state index contributed by atoms with van der Waals surface area (Å²) in [5.74, 6) is -0.591. The van der Waals surface area contributed by atoms with Gasteiger partial charge in [-0.15, -0.1) is 0 Å². The molecule has 1 unspecified atom stereocenters. The van der Waals surface area contributed by atoms with Crippen LogP contribution < -0.4 is 15.5 Å². The van der Waals surface area contributed by atoms with E-state index in [1.54, 1.807) is 24.3 Å². The highest BCUT2D eigenvalue weighted by Gasteiger charge is 2.34. The summed E-state index contributed by atoms with van der Waals surface area (Å²) in [6.45, 7) is 0.346. The van der Waals surface area contributed by atoms with Crippen LogP contribution in [0.1, 0.15) is 22.3 Å². The number of nitrogens with zero attached hydrogens (tertiary/aromatic N) is 1. The second kappa shape index (κ2) is 8.52. The summed E-state index contributed by atoms with van der Waals surface area (Å²) < 4.78 is 38.1. The van der Waals surface area contributed by atoms with Gasteiger partial charge in [0.05, 0.1) is 12.2 Å². The number of benzene rings is 2. The highest BCUT2D eigenvalue weighted by atomic mass is 19.4. The van der Waals surface area contributed by atoms with Gasteiger partial charge < -0.3 is 20.6 Å². The van der Waals surface area contributed by atoms with E-state index < -0.39 is 17.8 Å². The fourth-order valence-electron chi connectivity index (χ4n) is 3.12. The van der Waals surface area contributed by atoms with E-state index in [9.17, 15) is 22.8 Å². The standard InChI is InChI=1S/C20H20F3N3O3/c21-20(22,23)14-4-6-16(7-5-14)26-10-8-17(19(26)29)25-15-3-1-2-13(12-15)18(28)24-9-11-27/h1-7,12,17,25,27H,8-11H2,(H,24,28). The Morgan fingerprint density at radius 2 is 1.90 bits per heavy atom. The molecule has 6 nitrogen and oxygen atoms in total. The number of halogens is 3. The Balaban J connectivity index is 1.67. The van der Waals surface area contributed by atoms with Gasteiger partial charge in [0.1, 0.15) is 6.04 Å². The van der Waals surface area contributed by atoms with Gasteiger partial charge in [-0.2, -0.15) is 13.2 Å². The molecule has 9 heteroatoms. The highest BCUT2D eigenvalue weighted by molar-refractivity contribution is 6.01. The monoisotopic (exact) mass is 407 g/mol. The van der Waals surface area contributed by atoms with Crippen LogP contribution in [0.3, 0.4) is 0 Å². The molecule has 0 bridgehead atoms. The van der Waals surface area contributed by atoms with Crippen LogP contribution in [0.4, 0.5) is 24.5 Å². The number of hydrogen-bond acceptors (Lipinski definition) is 4. The third-order valence-corrected chi connectivity index (χ3v) is 4.57. The highest BCUT2D eigenvalue weighted by Crippen LogP contribution is 2.31. The molecular weight excluding hydrogens is 387 g/mol. The molecule has 2 aromatic rings. The minimum atomic E-state index is -4.42. The summed E-state index contributed by atoms with van der Waals surface area (Å²) in [6.07, 6.45) is -3.95. The van der Waals surface area contributed by atoms with Gasteiger partial charge in [0.25, 0.3) is 5.91 Å². The van der Waals surface area contributed by atoms with Gasteiger partial charge in [-0.1, -0.05) is 6.07 Å². The fraction of sp³-hybridized carbons (Fsp3) is 0.300. The predicted molar refractivity (Wildman–Crippen MR) is 102 cm³/mol. The largest absolute Gasteiger partial charge is 0.416 e. The topological polar surface area (TPSA) is 81.7 Å². The number of anilines is 2. The molecular formula is C20H20F3N3O3. The molecule has 0 saturated carbocycles. The van der Waals surface area contributed by atoms with Gasteiger partial charge in [0.15, 0.2) is 0 Å². The van der Waals surface area contributed by atoms with Crippen molar-refractivity contribution in [3.8, 4) is 0 Å². The zero-order chi connectivity index (χ0) is 21.0. The van der Waals surface area contributed by atoms with Crippen molar-refractivity contribution in [2.45, 2.75) is 18.6 Å². The lowest BCUT2D eigenvalue weighted by Gasteiger charge is -2.18. The third-order valence-electron chi connectivity index (χ3n) is 4.57. The normalized spacial score (nSPS) is 16.8. The minimum absolute atomic E-state index is 0.139. The SMILES string of the molecule is O=C(NCCO)c1cccc(NC2CCN(c3ccc(C(F)(F)F)cc3)C2=O)c1. The van der Waals surface area contributed by atoms with Gasteiger partial charge >= 0.3 is 6.18 Å². The van der Waals surface area contributed by atoms with Gasteiger partial charge in [-0.05, 0) is 48.9 Å². The van der Waals surface area contributed by atoms with Crippen LogP contribution >= 0.6 is 0 Å². The molecule has 0 aromatic heterocycles. The van der Waals surface area contributed by atoms with Gasteiger partial charge in [-0.3, -0.25) is 9.59 Å². The molecule has 29 heavy (non-hydrogen) atoms. The van der Waals surface area contributed by atoms with E-state index in [2.05, 4.69) is 10.6 Å². The number of nitrogens with one attached hydrogen (secondary N) is 2. The third kappa shape index (κ3) is 4.86. The molecule has 2 amide bonds. The number of rotatable bonds is 6. The smallest absolute Gasteiger partial charge is 0.395 e. The predicted octanol–water partition coefficient (Wildman–Crippen LogP) is 2.64. The number of aliphatic hydroxyl groups is 1. The zero-order valence-corrected chi connectivity index (χ0v) is 15.4. The van der Waals surface area contributed by atoms with Crippen LogP contribution in [0.15, 0.2) is 48.5 Å². The van der Waals surface area contributed by atoms with E-state index >= 15 is 0 Å². The van der Waals surface area contributed by atoms with E-state index in [4.69, 9.17) is 5.11 Å². The zero-order valence-electron chi connectivity index (χ0n) is 15.4. The van der Waals surface area contributed by atoms with E-state index in [1.807, 2.05) is 0 Å². The van der Waals surface area contributed by atoms with Crippen LogP contribution in [0.25, 0.3) is 0 Å². The van der Waals surface area contributed by atoms with Gasteiger partial charge in [-0.25, -0.2) is 0 Å². The molecule has 3 N–H and O–H groups in total. The Morgan fingerprint density at radius 3 is 2.55 bits per heavy atom. The van der Waals surface area contributed by atoms with Crippen molar-refractivity contribution < 1.29 is 27.9 Å². The number of hydrogen-bond donors (Lipinski definition) is 3. The number of alkyl halides is 3. The van der Waals surface area contributed by atoms with Crippen molar-refractivity contribution in [1.29, 1.82) is 0 Å². The van der Waals surface area contributed by atoms with Crippen LogP contribution in [0.2, 0.25) is 0 Å². The molecule has 1 aliphatic rings. The number of amides is 2. The Hall–Kier alpha value is -3.07. The Labute approximate surface area is 165 Å². The fourth-order valence-corrected chi connectivity index (χ4v) is 3.12. The second-order valence-corrected chi connectivity index (χ2v) is 6.58. The Bertz CT molecular complexity index is 885. The first kappa shape index (κ1) is 20.7. The first-order chi connectivity index (χ1) is 13.8. The summed E-state index contributed by atoms with van der Waals surface area (Å²) in [6, 6.07) is 10.5. The summed E-state index contributed by atoms with van der Waals surface area (Å²) in [5, 5.41) is 14.4. The lowest BCUT2D eigenvalue weighted by Crippen LogP contribution is -2.33. The summed E-state index contributed by atoms with van der Waals surface area (Å²) in [7, 11) is 0. The average molecular weight is 407 g/mol. The average Bonchev–Trinajstić information content (AvgIpc) is 3.06. The Kier molecular flexibility index (Phi) is 6.07. The van der Waals surface area contributed by atoms with Crippen molar-refractivity contribution in [2.24, 2.45) is 0 Å². The van der Waals surface area contributed by atoms with E-state index in [1.165, 1.54) is 17.0 Å². The Morgan fingerprint density at radius 1 is 1.17 bits per heavy atom. The van der Waals surface area contributed by atoms with E-state index in [-0.39, 0.29) is 25.0 Å². The number of aliphatic hydroxyl groups excluding tert-OH is 1. The van der Waals surface area contributed by atoms with Crippen LogP contribution in [0.5, 0.6) is 0 Å². The molecule has 2 aromatic carbocycles. The second-order valence-electron chi connectivity index (χ2n) is 6.58. The molecule has 1 saturated heterocycles.